The Balaban J connectivity index is 2.50. The van der Waals surface area contributed by atoms with E-state index in [9.17, 15) is 14.0 Å². The Morgan fingerprint density at radius 1 is 1.30 bits per heavy atom. The van der Waals surface area contributed by atoms with Crippen molar-refractivity contribution < 1.29 is 19.1 Å². The fourth-order valence-electron chi connectivity index (χ4n) is 1.65. The molecule has 2 N–H and O–H groups in total. The molecule has 0 aliphatic carbocycles. The Morgan fingerprint density at radius 3 is 2.35 bits per heavy atom. The fraction of sp³-hybridized carbons (Fsp3) is 0.467. The SMILES string of the molecule is CC(CC(=O)NCC(C)(C)C(=O)O)c1ccc(F)cc1. The van der Waals surface area contributed by atoms with Crippen molar-refractivity contribution in [3.05, 3.63) is 35.6 Å². The molecule has 0 fully saturated rings. The van der Waals surface area contributed by atoms with Gasteiger partial charge in [-0.15, -0.1) is 0 Å². The number of hydrogen-bond acceptors (Lipinski definition) is 2. The van der Waals surface area contributed by atoms with Gasteiger partial charge < -0.3 is 10.4 Å². The molecule has 1 aromatic carbocycles. The van der Waals surface area contributed by atoms with Crippen LogP contribution in [0.15, 0.2) is 24.3 Å². The number of carbonyl (C=O) groups excluding carboxylic acids is 1. The molecular formula is C15H20FNO3. The minimum absolute atomic E-state index is 0.0523. The van der Waals surface area contributed by atoms with Crippen LogP contribution in [0.25, 0.3) is 0 Å². The van der Waals surface area contributed by atoms with Crippen LogP contribution in [0, 0.1) is 11.2 Å². The number of nitrogens with one attached hydrogen (secondary N) is 1. The molecule has 0 heterocycles. The maximum atomic E-state index is 12.8. The van der Waals surface area contributed by atoms with Gasteiger partial charge in [0, 0.05) is 13.0 Å². The Kier molecular flexibility index (Phi) is 5.25. The van der Waals surface area contributed by atoms with Gasteiger partial charge in [-0.3, -0.25) is 9.59 Å². The van der Waals surface area contributed by atoms with E-state index in [1.165, 1.54) is 12.1 Å². The second kappa shape index (κ2) is 6.50. The summed E-state index contributed by atoms with van der Waals surface area (Å²) in [6, 6.07) is 6.01. The Morgan fingerprint density at radius 2 is 1.85 bits per heavy atom. The van der Waals surface area contributed by atoms with E-state index < -0.39 is 11.4 Å². The standard InChI is InChI=1S/C15H20FNO3/c1-10(11-4-6-12(16)7-5-11)8-13(18)17-9-15(2,3)14(19)20/h4-7,10H,8-9H2,1-3H3,(H,17,18)(H,19,20). The molecule has 1 unspecified atom stereocenters. The molecule has 20 heavy (non-hydrogen) atoms. The quantitative estimate of drug-likeness (QED) is 0.842. The van der Waals surface area contributed by atoms with Crippen molar-refractivity contribution in [1.82, 2.24) is 5.32 Å². The third kappa shape index (κ3) is 4.64. The highest BCUT2D eigenvalue weighted by Gasteiger charge is 2.27. The van der Waals surface area contributed by atoms with Crippen LogP contribution in [0.3, 0.4) is 0 Å². The highest BCUT2D eigenvalue weighted by atomic mass is 19.1. The maximum absolute atomic E-state index is 12.8. The molecule has 0 bridgehead atoms. The highest BCUT2D eigenvalue weighted by molar-refractivity contribution is 5.79. The lowest BCUT2D eigenvalue weighted by Gasteiger charge is -2.20. The van der Waals surface area contributed by atoms with E-state index in [0.29, 0.717) is 0 Å². The molecule has 0 saturated heterocycles. The molecule has 4 nitrogen and oxygen atoms in total. The van der Waals surface area contributed by atoms with E-state index in [0.717, 1.165) is 5.56 Å². The average Bonchev–Trinajstić information content (AvgIpc) is 2.37. The van der Waals surface area contributed by atoms with Gasteiger partial charge in [-0.2, -0.15) is 0 Å². The Labute approximate surface area is 118 Å². The van der Waals surface area contributed by atoms with Crippen LogP contribution in [-0.4, -0.2) is 23.5 Å². The average molecular weight is 281 g/mol. The maximum Gasteiger partial charge on any atom is 0.310 e. The molecule has 1 rings (SSSR count). The van der Waals surface area contributed by atoms with Crippen LogP contribution < -0.4 is 5.32 Å². The van der Waals surface area contributed by atoms with Crippen LogP contribution in [0.5, 0.6) is 0 Å². The van der Waals surface area contributed by atoms with E-state index >= 15 is 0 Å². The monoisotopic (exact) mass is 281 g/mol. The minimum atomic E-state index is -0.991. The van der Waals surface area contributed by atoms with Gasteiger partial charge in [-0.05, 0) is 37.5 Å². The first-order valence-corrected chi connectivity index (χ1v) is 6.48. The van der Waals surface area contributed by atoms with Gasteiger partial charge in [0.05, 0.1) is 5.41 Å². The molecule has 1 amide bonds. The number of halogens is 1. The van der Waals surface area contributed by atoms with Crippen LogP contribution in [0.1, 0.15) is 38.7 Å². The van der Waals surface area contributed by atoms with Crippen molar-refractivity contribution in [2.45, 2.75) is 33.1 Å². The van der Waals surface area contributed by atoms with Gasteiger partial charge in [0.15, 0.2) is 0 Å². The topological polar surface area (TPSA) is 66.4 Å². The molecular weight excluding hydrogens is 261 g/mol. The predicted octanol–water partition coefficient (Wildman–Crippen LogP) is 2.55. The lowest BCUT2D eigenvalue weighted by Crippen LogP contribution is -2.39. The van der Waals surface area contributed by atoms with E-state index in [-0.39, 0.29) is 30.6 Å². The molecule has 1 atom stereocenters. The molecule has 0 saturated carbocycles. The number of benzene rings is 1. The summed E-state index contributed by atoms with van der Waals surface area (Å²) in [5, 5.41) is 11.6. The summed E-state index contributed by atoms with van der Waals surface area (Å²) < 4.78 is 12.8. The number of carboxylic acids is 1. The van der Waals surface area contributed by atoms with E-state index in [1.807, 2.05) is 6.92 Å². The van der Waals surface area contributed by atoms with Crippen molar-refractivity contribution in [2.75, 3.05) is 6.54 Å². The van der Waals surface area contributed by atoms with Crippen molar-refractivity contribution >= 4 is 11.9 Å². The van der Waals surface area contributed by atoms with Gasteiger partial charge in [-0.1, -0.05) is 19.1 Å². The third-order valence-corrected chi connectivity index (χ3v) is 3.24. The molecule has 0 radical (unpaired) electrons. The number of carboxylic acid groups (broad SMARTS) is 1. The van der Waals surface area contributed by atoms with E-state index in [4.69, 9.17) is 5.11 Å². The number of carbonyl (C=O) groups is 2. The third-order valence-electron chi connectivity index (χ3n) is 3.24. The van der Waals surface area contributed by atoms with Crippen LogP contribution in [0.2, 0.25) is 0 Å². The first-order valence-electron chi connectivity index (χ1n) is 6.48. The van der Waals surface area contributed by atoms with Gasteiger partial charge in [0.25, 0.3) is 0 Å². The summed E-state index contributed by atoms with van der Waals surface area (Å²) in [7, 11) is 0. The van der Waals surface area contributed by atoms with Gasteiger partial charge >= 0.3 is 5.97 Å². The first-order chi connectivity index (χ1) is 9.22. The van der Waals surface area contributed by atoms with E-state index in [1.54, 1.807) is 26.0 Å². The second-order valence-corrected chi connectivity index (χ2v) is 5.62. The summed E-state index contributed by atoms with van der Waals surface area (Å²) in [6.07, 6.45) is 0.237. The first kappa shape index (κ1) is 16.1. The molecule has 1 aromatic rings. The number of hydrogen-bond donors (Lipinski definition) is 2. The summed E-state index contributed by atoms with van der Waals surface area (Å²) in [4.78, 5) is 22.7. The normalized spacial score (nSPS) is 12.8. The zero-order valence-electron chi connectivity index (χ0n) is 11.9. The number of amides is 1. The molecule has 0 aliphatic heterocycles. The largest absolute Gasteiger partial charge is 0.481 e. The zero-order chi connectivity index (χ0) is 15.3. The van der Waals surface area contributed by atoms with Gasteiger partial charge in [-0.25, -0.2) is 4.39 Å². The lowest BCUT2D eigenvalue weighted by molar-refractivity contribution is -0.146. The predicted molar refractivity (Wildman–Crippen MR) is 73.9 cm³/mol. The summed E-state index contributed by atoms with van der Waals surface area (Å²) >= 11 is 0. The van der Waals surface area contributed by atoms with Crippen LogP contribution in [0.4, 0.5) is 4.39 Å². The molecule has 5 heteroatoms. The van der Waals surface area contributed by atoms with Crippen LogP contribution in [-0.2, 0) is 9.59 Å². The van der Waals surface area contributed by atoms with Crippen molar-refractivity contribution in [2.24, 2.45) is 5.41 Å². The molecule has 0 spiro atoms. The van der Waals surface area contributed by atoms with Crippen molar-refractivity contribution in [1.29, 1.82) is 0 Å². The molecule has 0 aliphatic rings. The van der Waals surface area contributed by atoms with Gasteiger partial charge in [0.1, 0.15) is 5.82 Å². The summed E-state index contributed by atoms with van der Waals surface area (Å²) in [5.41, 5.74) is -0.117. The van der Waals surface area contributed by atoms with Crippen molar-refractivity contribution in [3.63, 3.8) is 0 Å². The lowest BCUT2D eigenvalue weighted by atomic mass is 9.93. The van der Waals surface area contributed by atoms with E-state index in [2.05, 4.69) is 5.32 Å². The molecule has 110 valence electrons. The Hall–Kier alpha value is -1.91. The van der Waals surface area contributed by atoms with Gasteiger partial charge in [0.2, 0.25) is 5.91 Å². The minimum Gasteiger partial charge on any atom is -0.481 e. The van der Waals surface area contributed by atoms with Crippen LogP contribution >= 0.6 is 0 Å². The number of aliphatic carboxylic acids is 1. The summed E-state index contributed by atoms with van der Waals surface area (Å²) in [6.45, 7) is 5.06. The molecule has 0 aromatic heterocycles. The fourth-order valence-corrected chi connectivity index (χ4v) is 1.65. The Bertz CT molecular complexity index is 482. The van der Waals surface area contributed by atoms with Crippen molar-refractivity contribution in [3.8, 4) is 0 Å². The zero-order valence-corrected chi connectivity index (χ0v) is 11.9. The second-order valence-electron chi connectivity index (χ2n) is 5.62. The smallest absolute Gasteiger partial charge is 0.310 e. The highest BCUT2D eigenvalue weighted by Crippen LogP contribution is 2.19. The summed E-state index contributed by atoms with van der Waals surface area (Å²) in [5.74, 6) is -1.53. The number of rotatable bonds is 6.